The van der Waals surface area contributed by atoms with Crippen LogP contribution in [0.5, 0.6) is 0 Å². The van der Waals surface area contributed by atoms with E-state index in [1.807, 2.05) is 7.05 Å². The van der Waals surface area contributed by atoms with Crippen molar-refractivity contribution in [2.45, 2.75) is 32.1 Å². The lowest BCUT2D eigenvalue weighted by Gasteiger charge is -2.27. The fourth-order valence-electron chi connectivity index (χ4n) is 3.50. The Morgan fingerprint density at radius 3 is 2.75 bits per heavy atom. The van der Waals surface area contributed by atoms with Gasteiger partial charge in [-0.25, -0.2) is 0 Å². The number of aromatic nitrogens is 2. The first-order chi connectivity index (χ1) is 11.5. The van der Waals surface area contributed by atoms with Gasteiger partial charge in [-0.2, -0.15) is 0 Å². The molecule has 1 aliphatic carbocycles. The summed E-state index contributed by atoms with van der Waals surface area (Å²) in [5, 5.41) is 0.539. The van der Waals surface area contributed by atoms with E-state index in [0.29, 0.717) is 27.2 Å². The van der Waals surface area contributed by atoms with Gasteiger partial charge in [0.15, 0.2) is 4.77 Å². The minimum atomic E-state index is -0.150. The number of hydrogen-bond donors (Lipinski definition) is 1. The molecule has 6 heteroatoms. The second kappa shape index (κ2) is 6.89. The summed E-state index contributed by atoms with van der Waals surface area (Å²) in [4.78, 5) is 29.7. The molecule has 1 aromatic carbocycles. The summed E-state index contributed by atoms with van der Waals surface area (Å²) in [6.07, 6.45) is 6.26. The molecule has 1 fully saturated rings. The molecule has 0 unspecified atom stereocenters. The molecule has 0 radical (unpaired) electrons. The van der Waals surface area contributed by atoms with Crippen LogP contribution in [0.25, 0.3) is 10.9 Å². The van der Waals surface area contributed by atoms with E-state index in [2.05, 4.69) is 4.98 Å². The Morgan fingerprint density at radius 1 is 1.33 bits per heavy atom. The number of rotatable bonds is 3. The normalized spacial score (nSPS) is 15.6. The lowest BCUT2D eigenvalue weighted by molar-refractivity contribution is 0.0760. The first kappa shape index (κ1) is 16.9. The number of H-pyrrole nitrogens is 1. The average molecular weight is 345 g/mol. The SMILES string of the molecule is CN(CC1CCCCC1)C(=O)c1ccc2c(=O)n(C)c(=S)[nH]c2c1. The lowest BCUT2D eigenvalue weighted by atomic mass is 9.89. The van der Waals surface area contributed by atoms with Crippen molar-refractivity contribution in [3.05, 3.63) is 38.9 Å². The molecule has 1 N–H and O–H groups in total. The number of amides is 1. The summed E-state index contributed by atoms with van der Waals surface area (Å²) in [6, 6.07) is 5.15. The first-order valence-corrected chi connectivity index (χ1v) is 8.86. The third-order valence-electron chi connectivity index (χ3n) is 4.95. The third-order valence-corrected chi connectivity index (χ3v) is 5.33. The van der Waals surface area contributed by atoms with Gasteiger partial charge in [0, 0.05) is 26.2 Å². The van der Waals surface area contributed by atoms with Crippen LogP contribution in [-0.4, -0.2) is 34.0 Å². The van der Waals surface area contributed by atoms with Gasteiger partial charge >= 0.3 is 0 Å². The minimum absolute atomic E-state index is 0.0116. The molecule has 1 amide bonds. The third kappa shape index (κ3) is 3.29. The molecule has 1 heterocycles. The van der Waals surface area contributed by atoms with Crippen molar-refractivity contribution in [1.29, 1.82) is 0 Å². The summed E-state index contributed by atoms with van der Waals surface area (Å²) in [5.41, 5.74) is 1.04. The second-order valence-electron chi connectivity index (χ2n) is 6.74. The van der Waals surface area contributed by atoms with Crippen LogP contribution < -0.4 is 5.56 Å². The number of hydrogen-bond acceptors (Lipinski definition) is 3. The van der Waals surface area contributed by atoms with E-state index in [-0.39, 0.29) is 11.5 Å². The van der Waals surface area contributed by atoms with Gasteiger partial charge in [-0.15, -0.1) is 0 Å². The van der Waals surface area contributed by atoms with Crippen LogP contribution in [0.1, 0.15) is 42.5 Å². The Morgan fingerprint density at radius 2 is 2.04 bits per heavy atom. The molecule has 128 valence electrons. The largest absolute Gasteiger partial charge is 0.341 e. The zero-order valence-electron chi connectivity index (χ0n) is 14.2. The van der Waals surface area contributed by atoms with Crippen LogP contribution in [0.4, 0.5) is 0 Å². The number of nitrogens with zero attached hydrogens (tertiary/aromatic N) is 2. The van der Waals surface area contributed by atoms with E-state index in [1.54, 1.807) is 30.1 Å². The van der Waals surface area contributed by atoms with Gasteiger partial charge in [0.2, 0.25) is 0 Å². The van der Waals surface area contributed by atoms with E-state index in [1.165, 1.54) is 36.7 Å². The number of carbonyl (C=O) groups is 1. The molecular weight excluding hydrogens is 322 g/mol. The Hall–Kier alpha value is -1.95. The van der Waals surface area contributed by atoms with Gasteiger partial charge in [-0.3, -0.25) is 14.2 Å². The Labute approximate surface area is 146 Å². The van der Waals surface area contributed by atoms with Gasteiger partial charge in [0.25, 0.3) is 11.5 Å². The van der Waals surface area contributed by atoms with Crippen LogP contribution >= 0.6 is 12.2 Å². The van der Waals surface area contributed by atoms with Gasteiger partial charge in [0.1, 0.15) is 0 Å². The van der Waals surface area contributed by atoms with Crippen molar-refractivity contribution in [3.8, 4) is 0 Å². The topological polar surface area (TPSA) is 58.1 Å². The number of carbonyl (C=O) groups excluding carboxylic acids is 1. The maximum absolute atomic E-state index is 12.7. The Balaban J connectivity index is 1.85. The molecule has 2 aromatic rings. The fourth-order valence-corrected chi connectivity index (χ4v) is 3.69. The van der Waals surface area contributed by atoms with Crippen LogP contribution in [0, 0.1) is 10.7 Å². The van der Waals surface area contributed by atoms with Crippen molar-refractivity contribution in [3.63, 3.8) is 0 Å². The maximum Gasteiger partial charge on any atom is 0.261 e. The van der Waals surface area contributed by atoms with Crippen molar-refractivity contribution in [2.24, 2.45) is 13.0 Å². The molecule has 1 saturated carbocycles. The maximum atomic E-state index is 12.7. The van der Waals surface area contributed by atoms with E-state index in [4.69, 9.17) is 12.2 Å². The Bertz CT molecular complexity index is 878. The number of nitrogens with one attached hydrogen (secondary N) is 1. The van der Waals surface area contributed by atoms with Gasteiger partial charge < -0.3 is 9.88 Å². The molecule has 1 aliphatic rings. The lowest BCUT2D eigenvalue weighted by Crippen LogP contribution is -2.32. The Kier molecular flexibility index (Phi) is 4.85. The zero-order chi connectivity index (χ0) is 17.3. The molecule has 24 heavy (non-hydrogen) atoms. The molecule has 0 atom stereocenters. The van der Waals surface area contributed by atoms with Crippen molar-refractivity contribution < 1.29 is 4.79 Å². The van der Waals surface area contributed by atoms with E-state index >= 15 is 0 Å². The summed E-state index contributed by atoms with van der Waals surface area (Å²) < 4.78 is 1.75. The highest BCUT2D eigenvalue weighted by molar-refractivity contribution is 7.71. The number of benzene rings is 1. The molecule has 3 rings (SSSR count). The summed E-state index contributed by atoms with van der Waals surface area (Å²) >= 11 is 5.15. The molecule has 0 bridgehead atoms. The van der Waals surface area contributed by atoms with Crippen LogP contribution in [0.2, 0.25) is 0 Å². The van der Waals surface area contributed by atoms with Crippen molar-refractivity contribution in [2.75, 3.05) is 13.6 Å². The molecule has 5 nitrogen and oxygen atoms in total. The highest BCUT2D eigenvalue weighted by atomic mass is 32.1. The molecule has 0 spiro atoms. The molecule has 1 aromatic heterocycles. The van der Waals surface area contributed by atoms with Crippen molar-refractivity contribution >= 4 is 29.0 Å². The van der Waals surface area contributed by atoms with Crippen molar-refractivity contribution in [1.82, 2.24) is 14.5 Å². The zero-order valence-corrected chi connectivity index (χ0v) is 15.0. The summed E-state index contributed by atoms with van der Waals surface area (Å²) in [5.74, 6) is 0.591. The summed E-state index contributed by atoms with van der Waals surface area (Å²) in [6.45, 7) is 0.795. The number of aromatic amines is 1. The van der Waals surface area contributed by atoms with Crippen LogP contribution in [-0.2, 0) is 7.05 Å². The molecule has 0 aliphatic heterocycles. The quantitative estimate of drug-likeness (QED) is 0.869. The predicted molar refractivity (Wildman–Crippen MR) is 97.9 cm³/mol. The van der Waals surface area contributed by atoms with Gasteiger partial charge in [0.05, 0.1) is 10.9 Å². The molecule has 0 saturated heterocycles. The first-order valence-electron chi connectivity index (χ1n) is 8.46. The monoisotopic (exact) mass is 345 g/mol. The second-order valence-corrected chi connectivity index (χ2v) is 7.13. The fraction of sp³-hybridized carbons (Fsp3) is 0.500. The standard InChI is InChI=1S/C18H23N3O2S/c1-20(11-12-6-4-3-5-7-12)16(22)13-8-9-14-15(10-13)19-18(24)21(2)17(14)23/h8-10,12H,3-7,11H2,1-2H3,(H,19,24). The highest BCUT2D eigenvalue weighted by Gasteiger charge is 2.19. The predicted octanol–water partition coefficient (Wildman–Crippen LogP) is 3.25. The minimum Gasteiger partial charge on any atom is -0.341 e. The van der Waals surface area contributed by atoms with E-state index in [0.717, 1.165) is 6.54 Å². The summed E-state index contributed by atoms with van der Waals surface area (Å²) in [7, 11) is 3.49. The number of fused-ring (bicyclic) bond motifs is 1. The van der Waals surface area contributed by atoms with Crippen LogP contribution in [0.3, 0.4) is 0 Å². The van der Waals surface area contributed by atoms with Gasteiger partial charge in [-0.05, 0) is 49.2 Å². The average Bonchev–Trinajstić information content (AvgIpc) is 2.59. The van der Waals surface area contributed by atoms with Crippen LogP contribution in [0.15, 0.2) is 23.0 Å². The highest BCUT2D eigenvalue weighted by Crippen LogP contribution is 2.24. The van der Waals surface area contributed by atoms with E-state index in [9.17, 15) is 9.59 Å². The smallest absolute Gasteiger partial charge is 0.261 e. The molecular formula is C18H23N3O2S. The van der Waals surface area contributed by atoms with Gasteiger partial charge in [-0.1, -0.05) is 19.3 Å². The van der Waals surface area contributed by atoms with E-state index < -0.39 is 0 Å².